The second-order valence-corrected chi connectivity index (χ2v) is 4.98. The van der Waals surface area contributed by atoms with Crippen LogP contribution in [0.4, 0.5) is 5.69 Å². The fourth-order valence-electron chi connectivity index (χ4n) is 1.93. The summed E-state index contributed by atoms with van der Waals surface area (Å²) in [6.45, 7) is 1.62. The first kappa shape index (κ1) is 15.0. The van der Waals surface area contributed by atoms with E-state index in [1.54, 1.807) is 13.0 Å². The zero-order valence-electron chi connectivity index (χ0n) is 10.6. The molecule has 0 fully saturated rings. The summed E-state index contributed by atoms with van der Waals surface area (Å²) in [7, 11) is 0. The van der Waals surface area contributed by atoms with Crippen molar-refractivity contribution in [3.63, 3.8) is 0 Å². The highest BCUT2D eigenvalue weighted by Gasteiger charge is 2.23. The molecule has 0 atom stereocenters. The Bertz CT molecular complexity index is 853. The molecule has 21 heavy (non-hydrogen) atoms. The maximum absolute atomic E-state index is 11.8. The van der Waals surface area contributed by atoms with Gasteiger partial charge in [0.25, 0.3) is 11.2 Å². The summed E-state index contributed by atoms with van der Waals surface area (Å²) < 4.78 is 0. The van der Waals surface area contributed by atoms with E-state index in [0.717, 1.165) is 0 Å². The quantitative estimate of drug-likeness (QED) is 0.675. The summed E-state index contributed by atoms with van der Waals surface area (Å²) in [4.78, 5) is 24.6. The van der Waals surface area contributed by atoms with E-state index in [9.17, 15) is 14.9 Å². The van der Waals surface area contributed by atoms with Crippen LogP contribution in [-0.2, 0) is 0 Å². The summed E-state index contributed by atoms with van der Waals surface area (Å²) in [5.74, 6) is 0. The molecule has 0 aliphatic heterocycles. The van der Waals surface area contributed by atoms with Crippen LogP contribution in [0.1, 0.15) is 11.3 Å². The standard InChI is InChI=1S/C13H7Cl2N3O3/c1-6-4-7(8(5-16)13(19)17-6)11-9(14)2-3-10(12(11)15)18(20)21/h2-4H,1H3,(H,17,19). The molecule has 2 rings (SSSR count). The lowest BCUT2D eigenvalue weighted by Crippen LogP contribution is -2.13. The number of nitriles is 1. The highest BCUT2D eigenvalue weighted by Crippen LogP contribution is 2.40. The molecule has 0 aliphatic rings. The SMILES string of the molecule is Cc1cc(-c2c(Cl)ccc([N+](=O)[O-])c2Cl)c(C#N)c(=O)[nH]1. The van der Waals surface area contributed by atoms with Crippen molar-refractivity contribution < 1.29 is 4.92 Å². The fourth-order valence-corrected chi connectivity index (χ4v) is 2.57. The number of rotatable bonds is 2. The number of nitro groups is 1. The van der Waals surface area contributed by atoms with Crippen LogP contribution in [0.5, 0.6) is 0 Å². The van der Waals surface area contributed by atoms with Crippen LogP contribution in [0, 0.1) is 28.4 Å². The number of nitrogens with zero attached hydrogens (tertiary/aromatic N) is 2. The summed E-state index contributed by atoms with van der Waals surface area (Å²) in [5, 5.41) is 20.0. The number of benzene rings is 1. The third-order valence-electron chi connectivity index (χ3n) is 2.82. The van der Waals surface area contributed by atoms with Gasteiger partial charge in [-0.15, -0.1) is 0 Å². The topological polar surface area (TPSA) is 99.8 Å². The van der Waals surface area contributed by atoms with Gasteiger partial charge in [-0.3, -0.25) is 14.9 Å². The second-order valence-electron chi connectivity index (χ2n) is 4.19. The Morgan fingerprint density at radius 3 is 2.62 bits per heavy atom. The van der Waals surface area contributed by atoms with E-state index in [1.807, 2.05) is 0 Å². The predicted octanol–water partition coefficient (Wildman–Crippen LogP) is 3.44. The molecule has 1 aromatic heterocycles. The van der Waals surface area contributed by atoms with Gasteiger partial charge in [0, 0.05) is 22.9 Å². The first-order valence-electron chi connectivity index (χ1n) is 5.63. The highest BCUT2D eigenvalue weighted by atomic mass is 35.5. The maximum atomic E-state index is 11.8. The zero-order chi connectivity index (χ0) is 15.7. The van der Waals surface area contributed by atoms with Crippen LogP contribution >= 0.6 is 23.2 Å². The third-order valence-corrected chi connectivity index (χ3v) is 3.51. The third kappa shape index (κ3) is 2.61. The summed E-state index contributed by atoms with van der Waals surface area (Å²) >= 11 is 12.1. The van der Waals surface area contributed by atoms with Gasteiger partial charge in [-0.25, -0.2) is 0 Å². The van der Waals surface area contributed by atoms with E-state index in [2.05, 4.69) is 4.98 Å². The van der Waals surface area contributed by atoms with Gasteiger partial charge in [-0.1, -0.05) is 23.2 Å². The molecular formula is C13H7Cl2N3O3. The zero-order valence-corrected chi connectivity index (χ0v) is 12.1. The molecule has 0 amide bonds. The van der Waals surface area contributed by atoms with Crippen molar-refractivity contribution >= 4 is 28.9 Å². The molecule has 8 heteroatoms. The summed E-state index contributed by atoms with van der Waals surface area (Å²) in [5.41, 5.74) is -0.419. The molecule has 6 nitrogen and oxygen atoms in total. The summed E-state index contributed by atoms with van der Waals surface area (Å²) in [6, 6.07) is 5.73. The van der Waals surface area contributed by atoms with Gasteiger partial charge in [-0.2, -0.15) is 5.26 Å². The minimum absolute atomic E-state index is 0.0956. The molecule has 0 saturated carbocycles. The molecule has 1 heterocycles. The Labute approximate surface area is 128 Å². The van der Waals surface area contributed by atoms with E-state index in [1.165, 1.54) is 18.2 Å². The average molecular weight is 324 g/mol. The van der Waals surface area contributed by atoms with Crippen molar-refractivity contribution in [3.8, 4) is 17.2 Å². The number of aromatic nitrogens is 1. The molecule has 2 aromatic rings. The van der Waals surface area contributed by atoms with Crippen LogP contribution in [-0.4, -0.2) is 9.91 Å². The van der Waals surface area contributed by atoms with E-state index in [0.29, 0.717) is 5.69 Å². The van der Waals surface area contributed by atoms with Gasteiger partial charge in [0.15, 0.2) is 0 Å². The number of aromatic amines is 1. The van der Waals surface area contributed by atoms with E-state index < -0.39 is 10.5 Å². The molecule has 106 valence electrons. The van der Waals surface area contributed by atoms with Crippen LogP contribution in [0.25, 0.3) is 11.1 Å². The van der Waals surface area contributed by atoms with Crippen molar-refractivity contribution in [1.29, 1.82) is 5.26 Å². The second kappa shape index (κ2) is 5.56. The van der Waals surface area contributed by atoms with Gasteiger partial charge in [0.2, 0.25) is 0 Å². The number of hydrogen-bond donors (Lipinski definition) is 1. The largest absolute Gasteiger partial charge is 0.325 e. The van der Waals surface area contributed by atoms with Crippen molar-refractivity contribution in [1.82, 2.24) is 4.98 Å². The number of H-pyrrole nitrogens is 1. The van der Waals surface area contributed by atoms with Crippen LogP contribution in [0.15, 0.2) is 23.0 Å². The number of aryl methyl sites for hydroxylation is 1. The molecule has 0 saturated heterocycles. The normalized spacial score (nSPS) is 10.2. The monoisotopic (exact) mass is 323 g/mol. The lowest BCUT2D eigenvalue weighted by atomic mass is 10.0. The average Bonchev–Trinajstić information content (AvgIpc) is 2.37. The molecule has 1 N–H and O–H groups in total. The van der Waals surface area contributed by atoms with E-state index >= 15 is 0 Å². The Balaban J connectivity index is 2.92. The Hall–Kier alpha value is -2.36. The van der Waals surface area contributed by atoms with Gasteiger partial charge in [0.1, 0.15) is 16.7 Å². The first-order valence-corrected chi connectivity index (χ1v) is 6.39. The van der Waals surface area contributed by atoms with E-state index in [-0.39, 0.29) is 32.4 Å². The molecule has 1 aromatic carbocycles. The fraction of sp³-hybridized carbons (Fsp3) is 0.0769. The molecule has 0 bridgehead atoms. The Kier molecular flexibility index (Phi) is 3.98. The van der Waals surface area contributed by atoms with E-state index in [4.69, 9.17) is 28.5 Å². The Morgan fingerprint density at radius 2 is 2.05 bits per heavy atom. The molecular weight excluding hydrogens is 317 g/mol. The molecule has 0 spiro atoms. The minimum Gasteiger partial charge on any atom is -0.325 e. The van der Waals surface area contributed by atoms with Crippen molar-refractivity contribution in [2.24, 2.45) is 0 Å². The molecule has 0 radical (unpaired) electrons. The minimum atomic E-state index is -0.658. The lowest BCUT2D eigenvalue weighted by molar-refractivity contribution is -0.384. The van der Waals surface area contributed by atoms with Crippen LogP contribution in [0.3, 0.4) is 0 Å². The van der Waals surface area contributed by atoms with Gasteiger partial charge in [0.05, 0.1) is 9.95 Å². The Morgan fingerprint density at radius 1 is 1.38 bits per heavy atom. The lowest BCUT2D eigenvalue weighted by Gasteiger charge is -2.09. The van der Waals surface area contributed by atoms with Crippen molar-refractivity contribution in [2.75, 3.05) is 0 Å². The number of pyridine rings is 1. The van der Waals surface area contributed by atoms with Gasteiger partial charge < -0.3 is 4.98 Å². The van der Waals surface area contributed by atoms with Gasteiger partial charge in [-0.05, 0) is 19.1 Å². The van der Waals surface area contributed by atoms with Crippen molar-refractivity contribution in [3.05, 3.63) is 60.0 Å². The maximum Gasteiger partial charge on any atom is 0.288 e. The molecule has 0 unspecified atom stereocenters. The molecule has 0 aliphatic carbocycles. The number of halogens is 2. The highest BCUT2D eigenvalue weighted by molar-refractivity contribution is 6.40. The van der Waals surface area contributed by atoms with Crippen molar-refractivity contribution in [2.45, 2.75) is 6.92 Å². The smallest absolute Gasteiger partial charge is 0.288 e. The number of nitro benzene ring substituents is 1. The van der Waals surface area contributed by atoms with Gasteiger partial charge >= 0.3 is 0 Å². The number of nitrogens with one attached hydrogen (secondary N) is 1. The predicted molar refractivity (Wildman–Crippen MR) is 78.6 cm³/mol. The van der Waals surface area contributed by atoms with Crippen LogP contribution < -0.4 is 5.56 Å². The number of hydrogen-bond acceptors (Lipinski definition) is 4. The first-order chi connectivity index (χ1) is 9.86. The summed E-state index contributed by atoms with van der Waals surface area (Å²) in [6.07, 6.45) is 0. The van der Waals surface area contributed by atoms with Crippen LogP contribution in [0.2, 0.25) is 10.0 Å².